The first kappa shape index (κ1) is 18.6. The maximum atomic E-state index is 12.7. The van der Waals surface area contributed by atoms with Crippen molar-refractivity contribution in [3.05, 3.63) is 23.9 Å². The lowest BCUT2D eigenvalue weighted by Gasteiger charge is -2.31. The molecule has 2 aromatic heterocycles. The highest BCUT2D eigenvalue weighted by atomic mass is 32.2. The van der Waals surface area contributed by atoms with E-state index in [2.05, 4.69) is 14.7 Å². The Balaban J connectivity index is 1.56. The molecule has 0 unspecified atom stereocenters. The van der Waals surface area contributed by atoms with Crippen molar-refractivity contribution in [3.8, 4) is 5.88 Å². The number of amides is 1. The molecule has 1 aliphatic rings. The summed E-state index contributed by atoms with van der Waals surface area (Å²) in [5.74, 6) is 0.817. The minimum Gasteiger partial charge on any atom is -0.481 e. The van der Waals surface area contributed by atoms with Gasteiger partial charge in [-0.15, -0.1) is 0 Å². The summed E-state index contributed by atoms with van der Waals surface area (Å²) in [5.41, 5.74) is 1.13. The zero-order chi connectivity index (χ0) is 18.7. The highest BCUT2D eigenvalue weighted by Gasteiger charge is 2.24. The number of rotatable bonds is 6. The SMILES string of the molecule is COc1ccc2cc(C(=O)N3CCC(CCNS(N)(=O)=O)CC3)[nH]c2n1. The van der Waals surface area contributed by atoms with Crippen molar-refractivity contribution in [2.24, 2.45) is 11.1 Å². The summed E-state index contributed by atoms with van der Waals surface area (Å²) in [4.78, 5) is 21.9. The quantitative estimate of drug-likeness (QED) is 0.675. The molecule has 1 aliphatic heterocycles. The Labute approximate surface area is 152 Å². The fraction of sp³-hybridized carbons (Fsp3) is 0.500. The van der Waals surface area contributed by atoms with Gasteiger partial charge in [-0.2, -0.15) is 13.4 Å². The van der Waals surface area contributed by atoms with Crippen molar-refractivity contribution in [2.45, 2.75) is 19.3 Å². The Morgan fingerprint density at radius 3 is 2.81 bits per heavy atom. The molecule has 2 aromatic rings. The second-order valence-corrected chi connectivity index (χ2v) is 7.82. The summed E-state index contributed by atoms with van der Waals surface area (Å²) in [6, 6.07) is 5.41. The van der Waals surface area contributed by atoms with E-state index in [0.717, 1.165) is 18.2 Å². The van der Waals surface area contributed by atoms with E-state index in [1.54, 1.807) is 19.2 Å². The van der Waals surface area contributed by atoms with E-state index in [9.17, 15) is 13.2 Å². The van der Waals surface area contributed by atoms with Crippen molar-refractivity contribution in [1.82, 2.24) is 19.6 Å². The van der Waals surface area contributed by atoms with Crippen molar-refractivity contribution in [3.63, 3.8) is 0 Å². The van der Waals surface area contributed by atoms with Crippen LogP contribution in [0.4, 0.5) is 0 Å². The molecule has 9 nitrogen and oxygen atoms in total. The number of methoxy groups -OCH3 is 1. The van der Waals surface area contributed by atoms with Gasteiger partial charge >= 0.3 is 0 Å². The van der Waals surface area contributed by atoms with E-state index in [4.69, 9.17) is 9.88 Å². The van der Waals surface area contributed by atoms with E-state index >= 15 is 0 Å². The van der Waals surface area contributed by atoms with Gasteiger partial charge in [-0.25, -0.2) is 9.86 Å². The van der Waals surface area contributed by atoms with Crippen LogP contribution in [0.2, 0.25) is 0 Å². The van der Waals surface area contributed by atoms with Crippen LogP contribution in [0.25, 0.3) is 11.0 Å². The van der Waals surface area contributed by atoms with Gasteiger partial charge in [0.15, 0.2) is 0 Å². The van der Waals surface area contributed by atoms with Crippen molar-refractivity contribution in [1.29, 1.82) is 0 Å². The number of hydrogen-bond acceptors (Lipinski definition) is 5. The summed E-state index contributed by atoms with van der Waals surface area (Å²) >= 11 is 0. The summed E-state index contributed by atoms with van der Waals surface area (Å²) in [7, 11) is -2.09. The van der Waals surface area contributed by atoms with Crippen LogP contribution in [0, 0.1) is 5.92 Å². The van der Waals surface area contributed by atoms with E-state index in [1.807, 2.05) is 11.0 Å². The predicted octanol–water partition coefficient (Wildman–Crippen LogP) is 0.607. The average molecular weight is 381 g/mol. The Morgan fingerprint density at radius 1 is 1.42 bits per heavy atom. The van der Waals surface area contributed by atoms with Crippen LogP contribution in [0.3, 0.4) is 0 Å². The lowest BCUT2D eigenvalue weighted by atomic mass is 9.93. The molecule has 0 saturated carbocycles. The van der Waals surface area contributed by atoms with Gasteiger partial charge in [-0.05, 0) is 37.3 Å². The van der Waals surface area contributed by atoms with Crippen LogP contribution in [0.5, 0.6) is 5.88 Å². The normalized spacial score (nSPS) is 16.2. The minimum absolute atomic E-state index is 0.0527. The lowest BCUT2D eigenvalue weighted by molar-refractivity contribution is 0.0682. The largest absolute Gasteiger partial charge is 0.481 e. The second-order valence-electron chi connectivity index (χ2n) is 6.44. The van der Waals surface area contributed by atoms with E-state index in [0.29, 0.717) is 49.2 Å². The smallest absolute Gasteiger partial charge is 0.274 e. The molecular formula is C16H23N5O4S. The number of carbonyl (C=O) groups excluding carboxylic acids is 1. The number of pyridine rings is 1. The number of likely N-dealkylation sites (tertiary alicyclic amines) is 1. The molecule has 0 aliphatic carbocycles. The maximum Gasteiger partial charge on any atom is 0.274 e. The van der Waals surface area contributed by atoms with E-state index in [-0.39, 0.29) is 5.91 Å². The van der Waals surface area contributed by atoms with Crippen LogP contribution in [-0.2, 0) is 10.2 Å². The number of hydrogen-bond donors (Lipinski definition) is 3. The number of carbonyl (C=O) groups is 1. The summed E-state index contributed by atoms with van der Waals surface area (Å²) in [6.07, 6.45) is 2.39. The summed E-state index contributed by atoms with van der Waals surface area (Å²) in [6.45, 7) is 1.61. The molecule has 10 heteroatoms. The first-order valence-corrected chi connectivity index (χ1v) is 10.0. The third-order valence-corrected chi connectivity index (χ3v) is 5.26. The molecule has 142 valence electrons. The zero-order valence-electron chi connectivity index (χ0n) is 14.6. The Bertz CT molecular complexity index is 887. The molecule has 3 heterocycles. The number of aromatic amines is 1. The molecule has 0 spiro atoms. The second kappa shape index (κ2) is 7.60. The number of nitrogens with one attached hydrogen (secondary N) is 2. The molecule has 0 atom stereocenters. The van der Waals surface area contributed by atoms with Gasteiger partial charge in [0.05, 0.1) is 7.11 Å². The van der Waals surface area contributed by atoms with Crippen LogP contribution in [-0.4, -0.2) is 55.9 Å². The average Bonchev–Trinajstić information content (AvgIpc) is 3.03. The maximum absolute atomic E-state index is 12.7. The molecule has 3 rings (SSSR count). The number of piperidine rings is 1. The summed E-state index contributed by atoms with van der Waals surface area (Å²) in [5, 5.41) is 5.78. The predicted molar refractivity (Wildman–Crippen MR) is 97.0 cm³/mol. The lowest BCUT2D eigenvalue weighted by Crippen LogP contribution is -2.39. The molecule has 4 N–H and O–H groups in total. The Hall–Kier alpha value is -2.17. The molecule has 0 aromatic carbocycles. The van der Waals surface area contributed by atoms with Crippen molar-refractivity contribution >= 4 is 27.1 Å². The fourth-order valence-corrected chi connectivity index (χ4v) is 3.62. The number of nitrogens with zero attached hydrogens (tertiary/aromatic N) is 2. The van der Waals surface area contributed by atoms with E-state index in [1.165, 1.54) is 0 Å². The minimum atomic E-state index is -3.64. The van der Waals surface area contributed by atoms with Gasteiger partial charge in [-0.3, -0.25) is 4.79 Å². The Kier molecular flexibility index (Phi) is 5.44. The molecule has 1 fully saturated rings. The molecule has 26 heavy (non-hydrogen) atoms. The first-order valence-electron chi connectivity index (χ1n) is 8.46. The fourth-order valence-electron chi connectivity index (χ4n) is 3.22. The van der Waals surface area contributed by atoms with Crippen LogP contribution in [0.15, 0.2) is 18.2 Å². The summed E-state index contributed by atoms with van der Waals surface area (Å²) < 4.78 is 29.2. The number of aromatic nitrogens is 2. The zero-order valence-corrected chi connectivity index (χ0v) is 15.4. The highest BCUT2D eigenvalue weighted by Crippen LogP contribution is 2.23. The third kappa shape index (κ3) is 4.51. The van der Waals surface area contributed by atoms with Gasteiger partial charge in [0, 0.05) is 31.1 Å². The number of nitrogens with two attached hydrogens (primary N) is 1. The first-order chi connectivity index (χ1) is 12.4. The van der Waals surface area contributed by atoms with Crippen molar-refractivity contribution in [2.75, 3.05) is 26.7 Å². The van der Waals surface area contributed by atoms with Crippen LogP contribution in [0.1, 0.15) is 29.8 Å². The van der Waals surface area contributed by atoms with Crippen LogP contribution < -0.4 is 14.6 Å². The number of fused-ring (bicyclic) bond motifs is 1. The molecular weight excluding hydrogens is 358 g/mol. The number of H-pyrrole nitrogens is 1. The molecule has 1 amide bonds. The van der Waals surface area contributed by atoms with Crippen LogP contribution >= 0.6 is 0 Å². The Morgan fingerprint density at radius 2 is 2.15 bits per heavy atom. The molecule has 1 saturated heterocycles. The van der Waals surface area contributed by atoms with Gasteiger partial charge in [0.1, 0.15) is 11.3 Å². The van der Waals surface area contributed by atoms with Gasteiger partial charge < -0.3 is 14.6 Å². The van der Waals surface area contributed by atoms with Crippen molar-refractivity contribution < 1.29 is 17.9 Å². The van der Waals surface area contributed by atoms with Gasteiger partial charge in [0.25, 0.3) is 16.1 Å². The van der Waals surface area contributed by atoms with E-state index < -0.39 is 10.2 Å². The number of ether oxygens (including phenoxy) is 1. The monoisotopic (exact) mass is 381 g/mol. The van der Waals surface area contributed by atoms with Gasteiger partial charge in [-0.1, -0.05) is 0 Å². The van der Waals surface area contributed by atoms with Gasteiger partial charge in [0.2, 0.25) is 5.88 Å². The topological polar surface area (TPSA) is 130 Å². The molecule has 0 radical (unpaired) electrons. The standard InChI is InChI=1S/C16H23N5O4S/c1-25-14-3-2-12-10-13(19-15(12)20-14)16(22)21-8-5-11(6-9-21)4-7-18-26(17,23)24/h2-3,10-11,18H,4-9H2,1H3,(H,19,20)(H2,17,23,24). The highest BCUT2D eigenvalue weighted by molar-refractivity contribution is 7.87. The molecule has 0 bridgehead atoms. The third-order valence-electron chi connectivity index (χ3n) is 4.65.